The molecule has 1 aliphatic heterocycles. The lowest BCUT2D eigenvalue weighted by molar-refractivity contribution is 0.146. The van der Waals surface area contributed by atoms with Gasteiger partial charge in [0.1, 0.15) is 5.82 Å². The molecule has 1 saturated heterocycles. The van der Waals surface area contributed by atoms with Crippen LogP contribution >= 0.6 is 0 Å². The highest BCUT2D eigenvalue weighted by Gasteiger charge is 2.25. The van der Waals surface area contributed by atoms with E-state index in [1.54, 1.807) is 0 Å². The molecule has 2 heterocycles. The zero-order chi connectivity index (χ0) is 14.5. The highest BCUT2D eigenvalue weighted by atomic mass is 15.2. The lowest BCUT2D eigenvalue weighted by atomic mass is 9.94. The number of aromatic nitrogens is 1. The van der Waals surface area contributed by atoms with Crippen molar-refractivity contribution in [3.8, 4) is 0 Å². The summed E-state index contributed by atoms with van der Waals surface area (Å²) in [4.78, 5) is 9.51. The smallest absolute Gasteiger partial charge is 0.128 e. The van der Waals surface area contributed by atoms with Crippen molar-refractivity contribution < 1.29 is 0 Å². The van der Waals surface area contributed by atoms with E-state index >= 15 is 0 Å². The van der Waals surface area contributed by atoms with E-state index in [0.717, 1.165) is 5.82 Å². The van der Waals surface area contributed by atoms with Gasteiger partial charge >= 0.3 is 0 Å². The van der Waals surface area contributed by atoms with Crippen LogP contribution < -0.4 is 4.90 Å². The quantitative estimate of drug-likeness (QED) is 0.815. The average molecular weight is 275 g/mol. The van der Waals surface area contributed by atoms with Crippen molar-refractivity contribution in [1.29, 1.82) is 0 Å². The molecule has 0 aliphatic carbocycles. The second kappa shape index (κ2) is 7.07. The fraction of sp³-hybridized carbons (Fsp3) is 0.706. The lowest BCUT2D eigenvalue weighted by Gasteiger charge is -2.36. The summed E-state index contributed by atoms with van der Waals surface area (Å²) in [5, 5.41) is 0. The summed E-state index contributed by atoms with van der Waals surface area (Å²) in [6, 6.07) is 5.04. The lowest BCUT2D eigenvalue weighted by Crippen LogP contribution is -2.34. The number of likely N-dealkylation sites (tertiary alicyclic amines) is 1. The number of hydrogen-bond acceptors (Lipinski definition) is 3. The number of unbranched alkanes of at least 4 members (excludes halogenated alkanes) is 1. The van der Waals surface area contributed by atoms with Gasteiger partial charge in [-0.05, 0) is 50.9 Å². The van der Waals surface area contributed by atoms with Crippen molar-refractivity contribution in [3.63, 3.8) is 0 Å². The largest absolute Gasteiger partial charge is 0.363 e. The van der Waals surface area contributed by atoms with E-state index in [-0.39, 0.29) is 0 Å². The molecule has 0 aromatic carbocycles. The van der Waals surface area contributed by atoms with E-state index in [4.69, 9.17) is 4.98 Å². The summed E-state index contributed by atoms with van der Waals surface area (Å²) < 4.78 is 0. The molecule has 0 radical (unpaired) electrons. The topological polar surface area (TPSA) is 19.4 Å². The van der Waals surface area contributed by atoms with Crippen LogP contribution in [0.1, 0.15) is 56.3 Å². The molecule has 1 atom stereocenters. The molecule has 0 bridgehead atoms. The van der Waals surface area contributed by atoms with E-state index in [1.807, 2.05) is 0 Å². The average Bonchev–Trinajstić information content (AvgIpc) is 2.45. The number of pyridine rings is 1. The molecule has 1 aromatic rings. The molecule has 0 spiro atoms. The van der Waals surface area contributed by atoms with Crippen LogP contribution in [0, 0.1) is 6.92 Å². The van der Waals surface area contributed by atoms with Gasteiger partial charge in [-0.3, -0.25) is 4.90 Å². The van der Waals surface area contributed by atoms with Gasteiger partial charge in [0.15, 0.2) is 0 Å². The molecule has 1 aromatic heterocycles. The van der Waals surface area contributed by atoms with Gasteiger partial charge in [0.05, 0.1) is 0 Å². The van der Waals surface area contributed by atoms with Crippen LogP contribution in [0.15, 0.2) is 12.1 Å². The van der Waals surface area contributed by atoms with E-state index in [9.17, 15) is 0 Å². The first kappa shape index (κ1) is 15.3. The Hall–Kier alpha value is -1.09. The van der Waals surface area contributed by atoms with Gasteiger partial charge in [-0.25, -0.2) is 4.98 Å². The van der Waals surface area contributed by atoms with Crippen molar-refractivity contribution in [3.05, 3.63) is 23.4 Å². The minimum Gasteiger partial charge on any atom is -0.363 e. The van der Waals surface area contributed by atoms with Gasteiger partial charge in [-0.2, -0.15) is 0 Å². The van der Waals surface area contributed by atoms with E-state index in [2.05, 4.69) is 49.9 Å². The van der Waals surface area contributed by atoms with Crippen molar-refractivity contribution in [2.45, 2.75) is 52.0 Å². The summed E-state index contributed by atoms with van der Waals surface area (Å²) in [6.45, 7) is 6.92. The van der Waals surface area contributed by atoms with Gasteiger partial charge in [-0.15, -0.1) is 0 Å². The van der Waals surface area contributed by atoms with Gasteiger partial charge in [-0.1, -0.05) is 25.8 Å². The minimum atomic E-state index is 0.582. The summed E-state index contributed by atoms with van der Waals surface area (Å²) >= 11 is 0. The van der Waals surface area contributed by atoms with Crippen LogP contribution in [0.5, 0.6) is 0 Å². The van der Waals surface area contributed by atoms with Crippen molar-refractivity contribution in [2.24, 2.45) is 0 Å². The molecular formula is C17H29N3. The molecular weight excluding hydrogens is 246 g/mol. The molecule has 1 unspecified atom stereocenters. The molecule has 0 saturated carbocycles. The zero-order valence-electron chi connectivity index (χ0n) is 13.5. The fourth-order valence-corrected chi connectivity index (χ4v) is 3.13. The molecule has 0 amide bonds. The van der Waals surface area contributed by atoms with Crippen LogP contribution in [0.25, 0.3) is 0 Å². The Morgan fingerprint density at radius 2 is 2.10 bits per heavy atom. The Morgan fingerprint density at radius 1 is 1.30 bits per heavy atom. The first-order chi connectivity index (χ1) is 9.63. The number of piperidine rings is 1. The van der Waals surface area contributed by atoms with Crippen LogP contribution in [0.3, 0.4) is 0 Å². The molecule has 112 valence electrons. The van der Waals surface area contributed by atoms with Gasteiger partial charge in [0, 0.05) is 25.8 Å². The summed E-state index contributed by atoms with van der Waals surface area (Å²) in [5.41, 5.74) is 2.64. The Balaban J connectivity index is 2.19. The minimum absolute atomic E-state index is 0.582. The highest BCUT2D eigenvalue weighted by molar-refractivity contribution is 5.41. The van der Waals surface area contributed by atoms with Crippen LogP contribution in [0.2, 0.25) is 0 Å². The third kappa shape index (κ3) is 3.51. The Bertz CT molecular complexity index is 428. The Kier molecular flexibility index (Phi) is 5.41. The maximum Gasteiger partial charge on any atom is 0.128 e. The Labute approximate surface area is 124 Å². The number of nitrogens with zero attached hydrogens (tertiary/aromatic N) is 3. The molecule has 3 nitrogen and oxygen atoms in total. The van der Waals surface area contributed by atoms with E-state index in [0.29, 0.717) is 6.04 Å². The van der Waals surface area contributed by atoms with Crippen molar-refractivity contribution in [1.82, 2.24) is 9.88 Å². The second-order valence-electron chi connectivity index (χ2n) is 6.14. The molecule has 2 rings (SSSR count). The predicted molar refractivity (Wildman–Crippen MR) is 86.4 cm³/mol. The molecule has 0 N–H and O–H groups in total. The summed E-state index contributed by atoms with van der Waals surface area (Å²) in [5.74, 6) is 1.06. The van der Waals surface area contributed by atoms with Crippen molar-refractivity contribution in [2.75, 3.05) is 32.1 Å². The first-order valence-corrected chi connectivity index (χ1v) is 8.02. The third-order valence-corrected chi connectivity index (χ3v) is 4.34. The van der Waals surface area contributed by atoms with Gasteiger partial charge < -0.3 is 4.90 Å². The predicted octanol–water partition coefficient (Wildman–Crippen LogP) is 3.78. The SMILES string of the molecule is CCCCN1CCCCC1c1ccc(N(C)C)nc1C. The number of aryl methyl sites for hydroxylation is 1. The molecule has 20 heavy (non-hydrogen) atoms. The highest BCUT2D eigenvalue weighted by Crippen LogP contribution is 2.33. The number of anilines is 1. The summed E-state index contributed by atoms with van der Waals surface area (Å²) in [6.07, 6.45) is 6.57. The number of hydrogen-bond donors (Lipinski definition) is 0. The fourth-order valence-electron chi connectivity index (χ4n) is 3.13. The van der Waals surface area contributed by atoms with Crippen LogP contribution in [-0.4, -0.2) is 37.1 Å². The van der Waals surface area contributed by atoms with Gasteiger partial charge in [0.2, 0.25) is 0 Å². The maximum absolute atomic E-state index is 4.76. The standard InChI is InChI=1S/C17H29N3/c1-5-6-12-20-13-8-7-9-16(20)15-10-11-17(19(3)4)18-14(15)2/h10-11,16H,5-9,12-13H2,1-4H3. The zero-order valence-corrected chi connectivity index (χ0v) is 13.5. The van der Waals surface area contributed by atoms with Crippen LogP contribution in [-0.2, 0) is 0 Å². The second-order valence-corrected chi connectivity index (χ2v) is 6.14. The van der Waals surface area contributed by atoms with Crippen LogP contribution in [0.4, 0.5) is 5.82 Å². The molecule has 1 aliphatic rings. The monoisotopic (exact) mass is 275 g/mol. The van der Waals surface area contributed by atoms with E-state index in [1.165, 1.54) is 56.5 Å². The van der Waals surface area contributed by atoms with Crippen molar-refractivity contribution >= 4 is 5.82 Å². The number of rotatable bonds is 5. The van der Waals surface area contributed by atoms with Gasteiger partial charge in [0.25, 0.3) is 0 Å². The maximum atomic E-state index is 4.76. The van der Waals surface area contributed by atoms with E-state index < -0.39 is 0 Å². The molecule has 3 heteroatoms. The summed E-state index contributed by atoms with van der Waals surface area (Å²) in [7, 11) is 4.10. The Morgan fingerprint density at radius 3 is 2.75 bits per heavy atom. The first-order valence-electron chi connectivity index (χ1n) is 8.02. The molecule has 1 fully saturated rings. The third-order valence-electron chi connectivity index (χ3n) is 4.34. The normalized spacial score (nSPS) is 20.1.